The Morgan fingerprint density at radius 2 is 1.73 bits per heavy atom. The second kappa shape index (κ2) is 6.40. The van der Waals surface area contributed by atoms with E-state index >= 15 is 0 Å². The second-order valence-electron chi connectivity index (χ2n) is 3.19. The average Bonchev–Trinajstić information content (AvgIpc) is 2.33. The molecule has 1 aliphatic rings. The maximum Gasteiger partial charge on any atom is 0.146 e. The van der Waals surface area contributed by atoms with Gasteiger partial charge in [-0.1, -0.05) is 26.0 Å². The molecular weight excluding hydrogens is 191 g/mol. The molecular formula is C12H19FN2. The van der Waals surface area contributed by atoms with Crippen molar-refractivity contribution in [3.05, 3.63) is 30.1 Å². The summed E-state index contributed by atoms with van der Waals surface area (Å²) in [5.74, 6) is -0.121. The van der Waals surface area contributed by atoms with Crippen molar-refractivity contribution in [2.45, 2.75) is 13.8 Å². The van der Waals surface area contributed by atoms with Gasteiger partial charge in [0.05, 0.1) is 5.69 Å². The Balaban J connectivity index is 0.000000531. The molecule has 1 aliphatic heterocycles. The third kappa shape index (κ3) is 3.20. The Bertz CT molecular complexity index is 283. The van der Waals surface area contributed by atoms with Crippen LogP contribution >= 0.6 is 0 Å². The first-order chi connectivity index (χ1) is 7.38. The summed E-state index contributed by atoms with van der Waals surface area (Å²) in [4.78, 5) is 2.08. The molecule has 1 aromatic carbocycles. The summed E-state index contributed by atoms with van der Waals surface area (Å²) in [6.45, 7) is 7.66. The summed E-state index contributed by atoms with van der Waals surface area (Å²) >= 11 is 0. The van der Waals surface area contributed by atoms with Gasteiger partial charge in [0.15, 0.2) is 0 Å². The van der Waals surface area contributed by atoms with E-state index in [0.29, 0.717) is 0 Å². The molecule has 1 heterocycles. The lowest BCUT2D eigenvalue weighted by molar-refractivity contribution is 0.566. The number of nitrogens with zero attached hydrogens (tertiary/aromatic N) is 1. The predicted octanol–water partition coefficient (Wildman–Crippen LogP) is 2.26. The van der Waals surface area contributed by atoms with Crippen molar-refractivity contribution in [2.75, 3.05) is 31.1 Å². The van der Waals surface area contributed by atoms with Gasteiger partial charge in [-0.2, -0.15) is 0 Å². The van der Waals surface area contributed by atoms with Gasteiger partial charge in [-0.15, -0.1) is 0 Å². The van der Waals surface area contributed by atoms with Crippen LogP contribution in [-0.4, -0.2) is 26.2 Å². The molecule has 0 amide bonds. The highest BCUT2D eigenvalue weighted by Gasteiger charge is 2.12. The van der Waals surface area contributed by atoms with Gasteiger partial charge in [-0.05, 0) is 12.1 Å². The third-order valence-corrected chi connectivity index (χ3v) is 2.31. The van der Waals surface area contributed by atoms with Crippen LogP contribution in [0.3, 0.4) is 0 Å². The van der Waals surface area contributed by atoms with E-state index < -0.39 is 0 Å². The summed E-state index contributed by atoms with van der Waals surface area (Å²) < 4.78 is 13.3. The van der Waals surface area contributed by atoms with Crippen molar-refractivity contribution < 1.29 is 4.39 Å². The van der Waals surface area contributed by atoms with Crippen LogP contribution in [0.15, 0.2) is 24.3 Å². The van der Waals surface area contributed by atoms with E-state index in [1.54, 1.807) is 6.07 Å². The topological polar surface area (TPSA) is 15.3 Å². The zero-order chi connectivity index (χ0) is 11.1. The minimum absolute atomic E-state index is 0.121. The van der Waals surface area contributed by atoms with Crippen LogP contribution in [0.25, 0.3) is 0 Å². The summed E-state index contributed by atoms with van der Waals surface area (Å²) in [6.07, 6.45) is 0. The van der Waals surface area contributed by atoms with E-state index in [2.05, 4.69) is 10.2 Å². The Kier molecular flexibility index (Phi) is 5.12. The van der Waals surface area contributed by atoms with E-state index in [1.165, 1.54) is 6.07 Å². The predicted molar refractivity (Wildman–Crippen MR) is 62.8 cm³/mol. The van der Waals surface area contributed by atoms with E-state index in [0.717, 1.165) is 31.9 Å². The maximum atomic E-state index is 13.3. The van der Waals surface area contributed by atoms with Crippen LogP contribution < -0.4 is 10.2 Å². The fourth-order valence-corrected chi connectivity index (χ4v) is 1.61. The quantitative estimate of drug-likeness (QED) is 0.765. The molecule has 0 bridgehead atoms. The highest BCUT2D eigenvalue weighted by molar-refractivity contribution is 5.47. The molecule has 2 nitrogen and oxygen atoms in total. The highest BCUT2D eigenvalue weighted by atomic mass is 19.1. The number of rotatable bonds is 1. The molecule has 0 aliphatic carbocycles. The number of anilines is 1. The average molecular weight is 210 g/mol. The Morgan fingerprint density at radius 1 is 1.13 bits per heavy atom. The fourth-order valence-electron chi connectivity index (χ4n) is 1.61. The highest BCUT2D eigenvalue weighted by Crippen LogP contribution is 2.18. The van der Waals surface area contributed by atoms with Crippen molar-refractivity contribution in [1.82, 2.24) is 5.32 Å². The normalized spacial score (nSPS) is 15.5. The molecule has 0 unspecified atom stereocenters. The second-order valence-corrected chi connectivity index (χ2v) is 3.19. The Hall–Kier alpha value is -1.09. The van der Waals surface area contributed by atoms with Crippen LogP contribution in [0.4, 0.5) is 10.1 Å². The van der Waals surface area contributed by atoms with Crippen molar-refractivity contribution in [3.8, 4) is 0 Å². The monoisotopic (exact) mass is 210 g/mol. The number of piperazine rings is 1. The number of halogens is 1. The number of para-hydroxylation sites is 1. The number of hydrogen-bond acceptors (Lipinski definition) is 2. The molecule has 0 aromatic heterocycles. The SMILES string of the molecule is CC.Fc1ccccc1N1CCNCC1. The standard InChI is InChI=1S/C10H13FN2.C2H6/c11-9-3-1-2-4-10(9)13-7-5-12-6-8-13;1-2/h1-4,12H,5-8H2;1-2H3. The molecule has 1 N–H and O–H groups in total. The number of nitrogens with one attached hydrogen (secondary N) is 1. The minimum atomic E-state index is -0.121. The number of hydrogen-bond donors (Lipinski definition) is 1. The van der Waals surface area contributed by atoms with Gasteiger partial charge in [0.25, 0.3) is 0 Å². The van der Waals surface area contributed by atoms with Gasteiger partial charge in [0, 0.05) is 26.2 Å². The molecule has 0 radical (unpaired) electrons. The van der Waals surface area contributed by atoms with Crippen LogP contribution in [0.1, 0.15) is 13.8 Å². The number of benzene rings is 1. The Morgan fingerprint density at radius 3 is 2.33 bits per heavy atom. The maximum absolute atomic E-state index is 13.3. The van der Waals surface area contributed by atoms with Crippen LogP contribution in [0.2, 0.25) is 0 Å². The van der Waals surface area contributed by atoms with Gasteiger partial charge in [0.1, 0.15) is 5.82 Å². The lowest BCUT2D eigenvalue weighted by Crippen LogP contribution is -2.43. The first kappa shape index (κ1) is 12.0. The molecule has 2 rings (SSSR count). The fraction of sp³-hybridized carbons (Fsp3) is 0.500. The summed E-state index contributed by atoms with van der Waals surface area (Å²) in [7, 11) is 0. The Labute approximate surface area is 91.1 Å². The van der Waals surface area contributed by atoms with E-state index in [4.69, 9.17) is 0 Å². The van der Waals surface area contributed by atoms with E-state index in [9.17, 15) is 4.39 Å². The first-order valence-electron chi connectivity index (χ1n) is 5.58. The van der Waals surface area contributed by atoms with Crippen LogP contribution in [-0.2, 0) is 0 Å². The van der Waals surface area contributed by atoms with Gasteiger partial charge >= 0.3 is 0 Å². The molecule has 84 valence electrons. The largest absolute Gasteiger partial charge is 0.367 e. The summed E-state index contributed by atoms with van der Waals surface area (Å²) in [5, 5.41) is 3.24. The van der Waals surface area contributed by atoms with E-state index in [1.807, 2.05) is 26.0 Å². The van der Waals surface area contributed by atoms with Crippen LogP contribution in [0.5, 0.6) is 0 Å². The van der Waals surface area contributed by atoms with Crippen LogP contribution in [0, 0.1) is 5.82 Å². The summed E-state index contributed by atoms with van der Waals surface area (Å²) in [6, 6.07) is 6.94. The smallest absolute Gasteiger partial charge is 0.146 e. The van der Waals surface area contributed by atoms with Gasteiger partial charge in [-0.25, -0.2) is 4.39 Å². The van der Waals surface area contributed by atoms with Crippen molar-refractivity contribution in [3.63, 3.8) is 0 Å². The van der Waals surface area contributed by atoms with Crippen molar-refractivity contribution >= 4 is 5.69 Å². The third-order valence-electron chi connectivity index (χ3n) is 2.31. The van der Waals surface area contributed by atoms with Crippen molar-refractivity contribution in [2.24, 2.45) is 0 Å². The lowest BCUT2D eigenvalue weighted by atomic mass is 10.2. The van der Waals surface area contributed by atoms with Gasteiger partial charge in [-0.3, -0.25) is 0 Å². The molecule has 3 heteroatoms. The minimum Gasteiger partial charge on any atom is -0.367 e. The summed E-state index contributed by atoms with van der Waals surface area (Å²) in [5.41, 5.74) is 0.726. The lowest BCUT2D eigenvalue weighted by Gasteiger charge is -2.29. The zero-order valence-electron chi connectivity index (χ0n) is 9.46. The molecule has 0 saturated carbocycles. The van der Waals surface area contributed by atoms with E-state index in [-0.39, 0.29) is 5.82 Å². The van der Waals surface area contributed by atoms with Gasteiger partial charge in [0.2, 0.25) is 0 Å². The molecule has 1 aromatic rings. The van der Waals surface area contributed by atoms with Gasteiger partial charge < -0.3 is 10.2 Å². The molecule has 1 fully saturated rings. The molecule has 0 atom stereocenters. The molecule has 1 saturated heterocycles. The van der Waals surface area contributed by atoms with Crippen molar-refractivity contribution in [1.29, 1.82) is 0 Å². The zero-order valence-corrected chi connectivity index (χ0v) is 9.46. The first-order valence-corrected chi connectivity index (χ1v) is 5.58. The molecule has 15 heavy (non-hydrogen) atoms. The molecule has 0 spiro atoms.